The van der Waals surface area contributed by atoms with Crippen LogP contribution in [0.3, 0.4) is 0 Å². The minimum absolute atomic E-state index is 0.0573. The third-order valence-electron chi connectivity index (χ3n) is 4.50. The summed E-state index contributed by atoms with van der Waals surface area (Å²) in [6.45, 7) is 8.74. The molecule has 0 radical (unpaired) electrons. The molecule has 0 aliphatic heterocycles. The van der Waals surface area contributed by atoms with Crippen molar-refractivity contribution in [2.45, 2.75) is 45.3 Å². The molecule has 0 aliphatic carbocycles. The van der Waals surface area contributed by atoms with Crippen LogP contribution in [0.25, 0.3) is 5.69 Å². The first-order valence-corrected chi connectivity index (χ1v) is 10.0. The third-order valence-corrected chi connectivity index (χ3v) is 5.40. The summed E-state index contributed by atoms with van der Waals surface area (Å²) in [4.78, 5) is 24.0. The van der Waals surface area contributed by atoms with Crippen molar-refractivity contribution in [3.63, 3.8) is 0 Å². The Hall–Kier alpha value is -2.93. The molecule has 1 aromatic carbocycles. The summed E-state index contributed by atoms with van der Waals surface area (Å²) in [5.41, 5.74) is 1.86. The number of rotatable bonds is 8. The number of carbonyl (C=O) groups excluding carboxylic acids is 2. The molecule has 1 N–H and O–H groups in total. The minimum Gasteiger partial charge on any atom is -0.455 e. The lowest BCUT2D eigenvalue weighted by atomic mass is 9.90. The molecule has 0 aliphatic rings. The Morgan fingerprint density at radius 3 is 2.76 bits per heavy atom. The summed E-state index contributed by atoms with van der Waals surface area (Å²) in [5.74, 6) is -1.25. The topological polar surface area (TPSA) is 123 Å². The highest BCUT2D eigenvalue weighted by Gasteiger charge is 2.30. The minimum atomic E-state index is -1.02. The second kappa shape index (κ2) is 9.52. The van der Waals surface area contributed by atoms with Crippen LogP contribution in [0.2, 0.25) is 0 Å². The van der Waals surface area contributed by atoms with Crippen molar-refractivity contribution in [3.05, 3.63) is 29.3 Å². The molecular formula is C19H24N6O3S. The van der Waals surface area contributed by atoms with Crippen molar-refractivity contribution >= 4 is 23.6 Å². The lowest BCUT2D eigenvalue weighted by molar-refractivity contribution is -0.146. The predicted molar refractivity (Wildman–Crippen MR) is 107 cm³/mol. The highest BCUT2D eigenvalue weighted by molar-refractivity contribution is 7.99. The van der Waals surface area contributed by atoms with E-state index in [9.17, 15) is 14.9 Å². The van der Waals surface area contributed by atoms with Gasteiger partial charge in [0.2, 0.25) is 5.16 Å². The maximum absolute atomic E-state index is 12.0. The van der Waals surface area contributed by atoms with E-state index in [1.54, 1.807) is 11.6 Å². The van der Waals surface area contributed by atoms with Crippen molar-refractivity contribution in [2.24, 2.45) is 5.92 Å². The zero-order valence-electron chi connectivity index (χ0n) is 17.1. The Kier molecular flexibility index (Phi) is 7.34. The maximum Gasteiger partial charge on any atom is 0.316 e. The number of nitriles is 1. The molecule has 0 spiro atoms. The van der Waals surface area contributed by atoms with E-state index in [4.69, 9.17) is 4.74 Å². The molecule has 0 saturated carbocycles. The van der Waals surface area contributed by atoms with Gasteiger partial charge < -0.3 is 10.1 Å². The molecule has 2 aromatic rings. The van der Waals surface area contributed by atoms with Crippen LogP contribution in [0.4, 0.5) is 0 Å². The molecule has 0 saturated heterocycles. The number of amides is 1. The monoisotopic (exact) mass is 416 g/mol. The normalized spacial score (nSPS) is 12.9. The molecule has 154 valence electrons. The summed E-state index contributed by atoms with van der Waals surface area (Å²) >= 11 is 1.11. The van der Waals surface area contributed by atoms with E-state index < -0.39 is 24.0 Å². The number of thioether (sulfide) groups is 1. The fourth-order valence-corrected chi connectivity index (χ4v) is 2.99. The van der Waals surface area contributed by atoms with E-state index in [1.165, 1.54) is 0 Å². The molecule has 0 unspecified atom stereocenters. The molecule has 10 heteroatoms. The van der Waals surface area contributed by atoms with Gasteiger partial charge in [-0.15, -0.1) is 5.10 Å². The number of tetrazole rings is 1. The molecule has 1 heterocycles. The zero-order chi connectivity index (χ0) is 21.6. The molecule has 9 nitrogen and oxygen atoms in total. The van der Waals surface area contributed by atoms with Gasteiger partial charge in [-0.25, -0.2) is 0 Å². The largest absolute Gasteiger partial charge is 0.455 e. The van der Waals surface area contributed by atoms with Crippen molar-refractivity contribution < 1.29 is 14.3 Å². The van der Waals surface area contributed by atoms with Gasteiger partial charge >= 0.3 is 5.97 Å². The molecule has 1 amide bonds. The van der Waals surface area contributed by atoms with E-state index in [-0.39, 0.29) is 11.7 Å². The lowest BCUT2D eigenvalue weighted by Crippen LogP contribution is -2.50. The van der Waals surface area contributed by atoms with Crippen molar-refractivity contribution in [2.75, 3.05) is 12.4 Å². The molecular weight excluding hydrogens is 392 g/mol. The fourth-order valence-electron chi connectivity index (χ4n) is 2.31. The third kappa shape index (κ3) is 5.77. The number of hydrogen-bond donors (Lipinski definition) is 1. The Morgan fingerprint density at radius 2 is 2.10 bits per heavy atom. The van der Waals surface area contributed by atoms with Crippen LogP contribution in [0.5, 0.6) is 0 Å². The number of nitrogens with one attached hydrogen (secondary N) is 1. The quantitative estimate of drug-likeness (QED) is 0.512. The van der Waals surface area contributed by atoms with Crippen LogP contribution in [0, 0.1) is 31.1 Å². The van der Waals surface area contributed by atoms with Gasteiger partial charge in [0.1, 0.15) is 5.54 Å². The van der Waals surface area contributed by atoms with Gasteiger partial charge in [0.15, 0.2) is 6.61 Å². The number of benzene rings is 1. The number of nitrogens with zero attached hydrogens (tertiary/aromatic N) is 5. The zero-order valence-corrected chi connectivity index (χ0v) is 17.9. The van der Waals surface area contributed by atoms with Gasteiger partial charge in [-0.3, -0.25) is 9.59 Å². The Morgan fingerprint density at radius 1 is 1.38 bits per heavy atom. The second-order valence-electron chi connectivity index (χ2n) is 7.13. The molecule has 1 aromatic heterocycles. The van der Waals surface area contributed by atoms with Gasteiger partial charge in [-0.05, 0) is 54.3 Å². The number of esters is 1. The van der Waals surface area contributed by atoms with Crippen LogP contribution in [-0.2, 0) is 14.3 Å². The smallest absolute Gasteiger partial charge is 0.316 e. The van der Waals surface area contributed by atoms with Crippen molar-refractivity contribution in [3.8, 4) is 11.8 Å². The van der Waals surface area contributed by atoms with Crippen LogP contribution in [-0.4, -0.2) is 50.0 Å². The first kappa shape index (κ1) is 22.4. The summed E-state index contributed by atoms with van der Waals surface area (Å²) in [7, 11) is 0. The van der Waals surface area contributed by atoms with E-state index in [2.05, 4.69) is 26.9 Å². The first-order valence-electron chi connectivity index (χ1n) is 9.03. The van der Waals surface area contributed by atoms with Crippen LogP contribution >= 0.6 is 11.8 Å². The number of hydrogen-bond acceptors (Lipinski definition) is 8. The Balaban J connectivity index is 1.91. The predicted octanol–water partition coefficient (Wildman–Crippen LogP) is 1.97. The first-order chi connectivity index (χ1) is 13.7. The molecule has 29 heavy (non-hydrogen) atoms. The average molecular weight is 417 g/mol. The van der Waals surface area contributed by atoms with Gasteiger partial charge in [-0.2, -0.15) is 9.94 Å². The summed E-state index contributed by atoms with van der Waals surface area (Å²) in [6.07, 6.45) is 0. The van der Waals surface area contributed by atoms with E-state index in [1.807, 2.05) is 45.9 Å². The van der Waals surface area contributed by atoms with E-state index in [0.29, 0.717) is 5.16 Å². The lowest BCUT2D eigenvalue weighted by Gasteiger charge is -2.27. The fraction of sp³-hybridized carbons (Fsp3) is 0.474. The van der Waals surface area contributed by atoms with Crippen molar-refractivity contribution in [1.29, 1.82) is 5.26 Å². The Labute approximate surface area is 173 Å². The van der Waals surface area contributed by atoms with Gasteiger partial charge in [0.25, 0.3) is 5.91 Å². The number of aromatic nitrogens is 4. The molecule has 1 atom stereocenters. The van der Waals surface area contributed by atoms with E-state index >= 15 is 0 Å². The number of ether oxygens (including phenoxy) is 1. The number of carbonyl (C=O) groups is 2. The summed E-state index contributed by atoms with van der Waals surface area (Å²) in [5, 5.41) is 23.9. The van der Waals surface area contributed by atoms with Gasteiger partial charge in [0.05, 0.1) is 17.5 Å². The van der Waals surface area contributed by atoms with Crippen molar-refractivity contribution in [1.82, 2.24) is 25.5 Å². The second-order valence-corrected chi connectivity index (χ2v) is 8.07. The van der Waals surface area contributed by atoms with Crippen LogP contribution < -0.4 is 5.32 Å². The SMILES string of the molecule is Cc1ccc(C)c(-n2nnnc2SCC(=O)OCC(=O)N[C@](C)(C#N)C(C)C)c1. The Bertz CT molecular complexity index is 936. The standard InChI is InChI=1S/C19H24N6O3S/c1-12(2)19(5,11-20)21-16(26)9-28-17(27)10-29-18-22-23-24-25(18)15-8-13(3)6-7-14(15)4/h6-8,12H,9-10H2,1-5H3,(H,21,26)/t19-/m1/s1. The molecule has 0 fully saturated rings. The average Bonchev–Trinajstić information content (AvgIpc) is 3.14. The molecule has 0 bridgehead atoms. The number of aryl methyl sites for hydroxylation is 2. The molecule has 2 rings (SSSR count). The summed E-state index contributed by atoms with van der Waals surface area (Å²) < 4.78 is 6.57. The van der Waals surface area contributed by atoms with Gasteiger partial charge in [0, 0.05) is 0 Å². The van der Waals surface area contributed by atoms with E-state index in [0.717, 1.165) is 28.6 Å². The van der Waals surface area contributed by atoms with Gasteiger partial charge in [-0.1, -0.05) is 37.7 Å². The maximum atomic E-state index is 12.0. The van der Waals surface area contributed by atoms with Crippen LogP contribution in [0.1, 0.15) is 31.9 Å². The highest BCUT2D eigenvalue weighted by Crippen LogP contribution is 2.21. The highest BCUT2D eigenvalue weighted by atomic mass is 32.2. The summed E-state index contributed by atoms with van der Waals surface area (Å²) in [6, 6.07) is 7.99. The van der Waals surface area contributed by atoms with Crippen LogP contribution in [0.15, 0.2) is 23.4 Å².